The molecule has 3 aromatic rings. The number of carboxylic acids is 1. The zero-order valence-electron chi connectivity index (χ0n) is 10.9. The topological polar surface area (TPSA) is 70.9 Å². The minimum absolute atomic E-state index is 0.153. The fourth-order valence-corrected chi connectivity index (χ4v) is 2.67. The molecule has 20 heavy (non-hydrogen) atoms. The lowest BCUT2D eigenvalue weighted by molar-refractivity contribution is 0.0698. The van der Waals surface area contributed by atoms with Crippen LogP contribution >= 0.6 is 11.6 Å². The van der Waals surface area contributed by atoms with Gasteiger partial charge < -0.3 is 9.67 Å². The van der Waals surface area contributed by atoms with Gasteiger partial charge in [-0.05, 0) is 25.1 Å². The highest BCUT2D eigenvalue weighted by Crippen LogP contribution is 2.35. The quantitative estimate of drug-likeness (QED) is 0.761. The molecule has 0 unspecified atom stereocenters. The summed E-state index contributed by atoms with van der Waals surface area (Å²) in [4.78, 5) is 11.3. The molecule has 0 atom stereocenters. The van der Waals surface area contributed by atoms with E-state index >= 15 is 0 Å². The first-order chi connectivity index (χ1) is 9.50. The van der Waals surface area contributed by atoms with Crippen molar-refractivity contribution in [2.24, 2.45) is 7.05 Å². The number of hydrogen-bond acceptors (Lipinski definition) is 2. The molecule has 2 N–H and O–H groups in total. The number of hydrogen-bond donors (Lipinski definition) is 2. The van der Waals surface area contributed by atoms with Gasteiger partial charge in [0.15, 0.2) is 0 Å². The van der Waals surface area contributed by atoms with E-state index < -0.39 is 5.97 Å². The predicted octanol–water partition coefficient (Wildman–Crippen LogP) is 3.23. The number of aryl methyl sites for hydroxylation is 1. The Morgan fingerprint density at radius 1 is 1.45 bits per heavy atom. The molecule has 102 valence electrons. The van der Waals surface area contributed by atoms with Crippen LogP contribution < -0.4 is 0 Å². The van der Waals surface area contributed by atoms with Crippen molar-refractivity contribution in [3.05, 3.63) is 40.7 Å². The molecular formula is C14H12ClN3O2. The van der Waals surface area contributed by atoms with Crippen molar-refractivity contribution in [3.63, 3.8) is 0 Å². The van der Waals surface area contributed by atoms with E-state index in [4.69, 9.17) is 11.6 Å². The van der Waals surface area contributed by atoms with E-state index in [1.54, 1.807) is 0 Å². The Labute approximate surface area is 119 Å². The monoisotopic (exact) mass is 289 g/mol. The average molecular weight is 290 g/mol. The van der Waals surface area contributed by atoms with Crippen molar-refractivity contribution in [3.8, 4) is 11.3 Å². The minimum atomic E-state index is -1.01. The second-order valence-corrected chi connectivity index (χ2v) is 5.08. The zero-order chi connectivity index (χ0) is 14.4. The molecule has 0 spiro atoms. The fourth-order valence-electron chi connectivity index (χ4n) is 2.50. The summed E-state index contributed by atoms with van der Waals surface area (Å²) in [5, 5.41) is 17.4. The van der Waals surface area contributed by atoms with Crippen LogP contribution in [0.15, 0.2) is 24.4 Å². The Morgan fingerprint density at radius 3 is 2.90 bits per heavy atom. The Morgan fingerprint density at radius 2 is 2.20 bits per heavy atom. The number of carboxylic acid groups (broad SMARTS) is 1. The number of benzene rings is 1. The molecule has 0 aliphatic rings. The second-order valence-electron chi connectivity index (χ2n) is 4.64. The van der Waals surface area contributed by atoms with Gasteiger partial charge in [-0.25, -0.2) is 4.79 Å². The van der Waals surface area contributed by atoms with Crippen LogP contribution in [0, 0.1) is 6.92 Å². The van der Waals surface area contributed by atoms with Crippen LogP contribution in [0.2, 0.25) is 5.02 Å². The molecular weight excluding hydrogens is 278 g/mol. The Balaban J connectivity index is 2.41. The first-order valence-corrected chi connectivity index (χ1v) is 6.40. The maximum atomic E-state index is 11.3. The van der Waals surface area contributed by atoms with Crippen LogP contribution in [-0.4, -0.2) is 25.8 Å². The van der Waals surface area contributed by atoms with Gasteiger partial charge in [-0.3, -0.25) is 5.10 Å². The summed E-state index contributed by atoms with van der Waals surface area (Å²) in [6, 6.07) is 5.58. The zero-order valence-corrected chi connectivity index (χ0v) is 11.7. The number of fused-ring (bicyclic) bond motifs is 1. The van der Waals surface area contributed by atoms with Crippen LogP contribution in [0.5, 0.6) is 0 Å². The number of aromatic amines is 1. The maximum Gasteiger partial charge on any atom is 0.339 e. The Bertz CT molecular complexity index is 832. The van der Waals surface area contributed by atoms with E-state index in [1.165, 1.54) is 6.20 Å². The molecule has 0 saturated heterocycles. The molecule has 2 heterocycles. The smallest absolute Gasteiger partial charge is 0.339 e. The van der Waals surface area contributed by atoms with E-state index in [1.807, 2.05) is 36.7 Å². The lowest BCUT2D eigenvalue weighted by Crippen LogP contribution is -1.98. The van der Waals surface area contributed by atoms with Crippen molar-refractivity contribution in [1.29, 1.82) is 0 Å². The molecule has 0 radical (unpaired) electrons. The number of halogens is 1. The van der Waals surface area contributed by atoms with E-state index in [-0.39, 0.29) is 5.56 Å². The van der Waals surface area contributed by atoms with Crippen LogP contribution in [0.3, 0.4) is 0 Å². The normalized spacial score (nSPS) is 11.2. The Hall–Kier alpha value is -2.27. The van der Waals surface area contributed by atoms with Gasteiger partial charge in [-0.2, -0.15) is 5.10 Å². The van der Waals surface area contributed by atoms with Crippen molar-refractivity contribution >= 4 is 28.5 Å². The van der Waals surface area contributed by atoms with E-state index in [0.29, 0.717) is 10.7 Å². The minimum Gasteiger partial charge on any atom is -0.478 e. The largest absolute Gasteiger partial charge is 0.478 e. The highest BCUT2D eigenvalue weighted by Gasteiger charge is 2.21. The van der Waals surface area contributed by atoms with Crippen LogP contribution in [-0.2, 0) is 7.05 Å². The van der Waals surface area contributed by atoms with Crippen LogP contribution in [0.4, 0.5) is 0 Å². The SMILES string of the molecule is Cc1c(-c2[nH]ncc2C(=O)O)c2cc(Cl)ccc2n1C. The summed E-state index contributed by atoms with van der Waals surface area (Å²) in [6.07, 6.45) is 1.32. The van der Waals surface area contributed by atoms with Crippen LogP contribution in [0.1, 0.15) is 16.1 Å². The number of carbonyl (C=O) groups is 1. The molecule has 0 amide bonds. The molecule has 0 aliphatic carbocycles. The average Bonchev–Trinajstić information content (AvgIpc) is 2.95. The summed E-state index contributed by atoms with van der Waals surface area (Å²) in [7, 11) is 1.94. The summed E-state index contributed by atoms with van der Waals surface area (Å²) in [5.74, 6) is -1.01. The first kappa shape index (κ1) is 12.7. The van der Waals surface area contributed by atoms with Gasteiger partial charge >= 0.3 is 5.97 Å². The van der Waals surface area contributed by atoms with Gasteiger partial charge in [-0.15, -0.1) is 0 Å². The van der Waals surface area contributed by atoms with Gasteiger partial charge in [0, 0.05) is 34.2 Å². The van der Waals surface area contributed by atoms with E-state index in [0.717, 1.165) is 22.2 Å². The molecule has 0 bridgehead atoms. The van der Waals surface area contributed by atoms with Crippen LogP contribution in [0.25, 0.3) is 22.2 Å². The lowest BCUT2D eigenvalue weighted by atomic mass is 10.0. The van der Waals surface area contributed by atoms with Crippen molar-refractivity contribution in [2.45, 2.75) is 6.92 Å². The fraction of sp³-hybridized carbons (Fsp3) is 0.143. The molecule has 0 fully saturated rings. The molecule has 0 saturated carbocycles. The van der Waals surface area contributed by atoms with Gasteiger partial charge in [0.1, 0.15) is 5.56 Å². The molecule has 6 heteroatoms. The van der Waals surface area contributed by atoms with E-state index in [9.17, 15) is 9.90 Å². The molecule has 2 aromatic heterocycles. The van der Waals surface area contributed by atoms with Gasteiger partial charge in [0.05, 0.1) is 11.9 Å². The summed E-state index contributed by atoms with van der Waals surface area (Å²) in [6.45, 7) is 1.94. The summed E-state index contributed by atoms with van der Waals surface area (Å²) in [5.41, 5.74) is 3.42. The predicted molar refractivity (Wildman–Crippen MR) is 77.2 cm³/mol. The lowest BCUT2D eigenvalue weighted by Gasteiger charge is -2.01. The molecule has 5 nitrogen and oxygen atoms in total. The molecule has 3 rings (SSSR count). The third kappa shape index (κ3) is 1.71. The first-order valence-electron chi connectivity index (χ1n) is 6.02. The highest BCUT2D eigenvalue weighted by molar-refractivity contribution is 6.31. The second kappa shape index (κ2) is 4.38. The summed E-state index contributed by atoms with van der Waals surface area (Å²) < 4.78 is 2.01. The number of aromatic nitrogens is 3. The number of nitrogens with one attached hydrogen (secondary N) is 1. The van der Waals surface area contributed by atoms with Crippen molar-refractivity contribution < 1.29 is 9.90 Å². The highest BCUT2D eigenvalue weighted by atomic mass is 35.5. The summed E-state index contributed by atoms with van der Waals surface area (Å²) >= 11 is 6.06. The van der Waals surface area contributed by atoms with Gasteiger partial charge in [0.2, 0.25) is 0 Å². The standard InChI is InChI=1S/C14H12ClN3O2/c1-7-12(13-10(14(19)20)6-16-17-13)9-5-8(15)3-4-11(9)18(7)2/h3-6H,1-2H3,(H,16,17)(H,19,20). The van der Waals surface area contributed by atoms with Gasteiger partial charge in [-0.1, -0.05) is 11.6 Å². The number of rotatable bonds is 2. The number of H-pyrrole nitrogens is 1. The Kier molecular flexibility index (Phi) is 2.79. The van der Waals surface area contributed by atoms with Crippen molar-refractivity contribution in [2.75, 3.05) is 0 Å². The van der Waals surface area contributed by atoms with E-state index in [2.05, 4.69) is 10.2 Å². The van der Waals surface area contributed by atoms with Gasteiger partial charge in [0.25, 0.3) is 0 Å². The third-order valence-corrected chi connectivity index (χ3v) is 3.81. The number of nitrogens with zero attached hydrogens (tertiary/aromatic N) is 2. The maximum absolute atomic E-state index is 11.3. The number of aromatic carboxylic acids is 1. The molecule has 1 aromatic carbocycles. The molecule has 0 aliphatic heterocycles. The van der Waals surface area contributed by atoms with Crippen molar-refractivity contribution in [1.82, 2.24) is 14.8 Å². The third-order valence-electron chi connectivity index (χ3n) is 3.57.